The molecule has 0 aromatic heterocycles. The fraction of sp³-hybridized carbons (Fsp3) is 0.211. The van der Waals surface area contributed by atoms with Crippen LogP contribution < -0.4 is 14.9 Å². The van der Waals surface area contributed by atoms with Gasteiger partial charge in [-0.25, -0.2) is 0 Å². The number of para-hydroxylation sites is 1. The van der Waals surface area contributed by atoms with Crippen LogP contribution in [0, 0.1) is 0 Å². The standard InChI is InChI=1S/C19H22N2O2/c1-4-9-16-12-15(13-18(22-3)19(16)23-5-2)14-20-21-17-10-7-6-8-11-17/h4,6-8,10-14,21H,1,5,9H2,2-3H3. The molecule has 4 nitrogen and oxygen atoms in total. The van der Waals surface area contributed by atoms with Gasteiger partial charge in [0.1, 0.15) is 0 Å². The molecule has 0 atom stereocenters. The Hall–Kier alpha value is -2.75. The van der Waals surface area contributed by atoms with Crippen LogP contribution >= 0.6 is 0 Å². The zero-order valence-electron chi connectivity index (χ0n) is 13.6. The maximum absolute atomic E-state index is 5.71. The minimum Gasteiger partial charge on any atom is -0.493 e. The molecular weight excluding hydrogens is 288 g/mol. The van der Waals surface area contributed by atoms with Crippen molar-refractivity contribution in [1.82, 2.24) is 0 Å². The number of anilines is 1. The lowest BCUT2D eigenvalue weighted by Crippen LogP contribution is -2.01. The topological polar surface area (TPSA) is 42.9 Å². The summed E-state index contributed by atoms with van der Waals surface area (Å²) < 4.78 is 11.2. The second-order valence-electron chi connectivity index (χ2n) is 4.87. The Kier molecular flexibility index (Phi) is 6.24. The van der Waals surface area contributed by atoms with Gasteiger partial charge in [-0.2, -0.15) is 5.10 Å². The molecular formula is C19H22N2O2. The van der Waals surface area contributed by atoms with Gasteiger partial charge in [0.2, 0.25) is 0 Å². The predicted octanol–water partition coefficient (Wildman–Crippen LogP) is 4.27. The van der Waals surface area contributed by atoms with Crippen molar-refractivity contribution in [2.24, 2.45) is 5.10 Å². The number of hydrogen-bond donors (Lipinski definition) is 1. The van der Waals surface area contributed by atoms with Gasteiger partial charge in [0.25, 0.3) is 0 Å². The van der Waals surface area contributed by atoms with Gasteiger partial charge < -0.3 is 9.47 Å². The van der Waals surface area contributed by atoms with Gasteiger partial charge >= 0.3 is 0 Å². The van der Waals surface area contributed by atoms with Crippen molar-refractivity contribution >= 4 is 11.9 Å². The van der Waals surface area contributed by atoms with E-state index in [1.54, 1.807) is 13.3 Å². The van der Waals surface area contributed by atoms with Crippen molar-refractivity contribution in [3.05, 3.63) is 66.2 Å². The lowest BCUT2D eigenvalue weighted by molar-refractivity contribution is 0.308. The van der Waals surface area contributed by atoms with Crippen LogP contribution in [-0.4, -0.2) is 19.9 Å². The van der Waals surface area contributed by atoms with Gasteiger partial charge in [0, 0.05) is 5.56 Å². The summed E-state index contributed by atoms with van der Waals surface area (Å²) in [6.45, 7) is 6.34. The smallest absolute Gasteiger partial charge is 0.164 e. The molecule has 4 heteroatoms. The molecule has 0 aliphatic heterocycles. The van der Waals surface area contributed by atoms with Gasteiger partial charge in [-0.05, 0) is 43.2 Å². The molecule has 0 aliphatic carbocycles. The lowest BCUT2D eigenvalue weighted by atomic mass is 10.1. The number of allylic oxidation sites excluding steroid dienone is 1. The zero-order chi connectivity index (χ0) is 16.5. The monoisotopic (exact) mass is 310 g/mol. The van der Waals surface area contributed by atoms with Gasteiger partial charge in [0.15, 0.2) is 11.5 Å². The number of nitrogens with one attached hydrogen (secondary N) is 1. The van der Waals surface area contributed by atoms with Gasteiger partial charge in [0.05, 0.1) is 25.6 Å². The molecule has 2 rings (SSSR count). The van der Waals surface area contributed by atoms with Crippen LogP contribution in [0.4, 0.5) is 5.69 Å². The second kappa shape index (κ2) is 8.63. The molecule has 0 bridgehead atoms. The van der Waals surface area contributed by atoms with E-state index in [4.69, 9.17) is 9.47 Å². The van der Waals surface area contributed by atoms with Crippen molar-refractivity contribution in [2.75, 3.05) is 19.1 Å². The van der Waals surface area contributed by atoms with E-state index in [1.807, 2.05) is 55.5 Å². The molecule has 1 N–H and O–H groups in total. The molecule has 0 spiro atoms. The Bertz CT molecular complexity index is 667. The van der Waals surface area contributed by atoms with Crippen LogP contribution in [0.5, 0.6) is 11.5 Å². The second-order valence-corrected chi connectivity index (χ2v) is 4.87. The third-order valence-corrected chi connectivity index (χ3v) is 3.21. The molecule has 23 heavy (non-hydrogen) atoms. The summed E-state index contributed by atoms with van der Waals surface area (Å²) in [5, 5.41) is 4.27. The normalized spacial score (nSPS) is 10.5. The van der Waals surface area contributed by atoms with E-state index >= 15 is 0 Å². The SMILES string of the molecule is C=CCc1cc(C=NNc2ccccc2)cc(OC)c1OCC. The summed E-state index contributed by atoms with van der Waals surface area (Å²) in [6.07, 6.45) is 4.32. The maximum Gasteiger partial charge on any atom is 0.164 e. The summed E-state index contributed by atoms with van der Waals surface area (Å²) in [7, 11) is 1.64. The summed E-state index contributed by atoms with van der Waals surface area (Å²) in [4.78, 5) is 0. The van der Waals surface area contributed by atoms with E-state index < -0.39 is 0 Å². The van der Waals surface area contributed by atoms with Crippen molar-refractivity contribution in [3.8, 4) is 11.5 Å². The molecule has 0 saturated carbocycles. The number of benzene rings is 2. The Labute approximate surface area is 137 Å². The minimum atomic E-state index is 0.587. The van der Waals surface area contributed by atoms with E-state index in [0.29, 0.717) is 18.8 Å². The number of methoxy groups -OCH3 is 1. The largest absolute Gasteiger partial charge is 0.493 e. The van der Waals surface area contributed by atoms with Crippen LogP contribution in [0.15, 0.2) is 60.2 Å². The average Bonchev–Trinajstić information content (AvgIpc) is 2.58. The summed E-state index contributed by atoms with van der Waals surface area (Å²) in [5.74, 6) is 1.47. The van der Waals surface area contributed by atoms with E-state index in [1.165, 1.54) is 0 Å². The first-order valence-electron chi connectivity index (χ1n) is 7.57. The predicted molar refractivity (Wildman–Crippen MR) is 95.7 cm³/mol. The fourth-order valence-electron chi connectivity index (χ4n) is 2.22. The molecule has 2 aromatic rings. The molecule has 0 unspecified atom stereocenters. The van der Waals surface area contributed by atoms with E-state index in [9.17, 15) is 0 Å². The van der Waals surface area contributed by atoms with Gasteiger partial charge in [-0.15, -0.1) is 6.58 Å². The number of nitrogens with zero attached hydrogens (tertiary/aromatic N) is 1. The van der Waals surface area contributed by atoms with Crippen molar-refractivity contribution in [3.63, 3.8) is 0 Å². The molecule has 2 aromatic carbocycles. The van der Waals surface area contributed by atoms with E-state index in [0.717, 1.165) is 22.6 Å². The molecule has 0 fully saturated rings. The Morgan fingerprint density at radius 2 is 2.00 bits per heavy atom. The molecule has 0 radical (unpaired) electrons. The highest BCUT2D eigenvalue weighted by Gasteiger charge is 2.11. The first kappa shape index (κ1) is 16.6. The maximum atomic E-state index is 5.71. The fourth-order valence-corrected chi connectivity index (χ4v) is 2.22. The lowest BCUT2D eigenvalue weighted by Gasteiger charge is -2.14. The van der Waals surface area contributed by atoms with Crippen molar-refractivity contribution < 1.29 is 9.47 Å². The minimum absolute atomic E-state index is 0.587. The molecule has 0 saturated heterocycles. The summed E-state index contributed by atoms with van der Waals surface area (Å²) >= 11 is 0. The van der Waals surface area contributed by atoms with Crippen LogP contribution in [0.2, 0.25) is 0 Å². The van der Waals surface area contributed by atoms with Crippen molar-refractivity contribution in [1.29, 1.82) is 0 Å². The number of hydrogen-bond acceptors (Lipinski definition) is 4. The van der Waals surface area contributed by atoms with Crippen LogP contribution in [0.1, 0.15) is 18.1 Å². The van der Waals surface area contributed by atoms with E-state index in [2.05, 4.69) is 17.1 Å². The quantitative estimate of drug-likeness (QED) is 0.450. The first-order chi connectivity index (χ1) is 11.3. The van der Waals surface area contributed by atoms with Crippen LogP contribution in [0.25, 0.3) is 0 Å². The van der Waals surface area contributed by atoms with Gasteiger partial charge in [-0.1, -0.05) is 24.3 Å². The summed E-state index contributed by atoms with van der Waals surface area (Å²) in [5.41, 5.74) is 5.90. The molecule has 0 heterocycles. The third kappa shape index (κ3) is 4.61. The van der Waals surface area contributed by atoms with Crippen LogP contribution in [0.3, 0.4) is 0 Å². The number of rotatable bonds is 8. The highest BCUT2D eigenvalue weighted by molar-refractivity contribution is 5.82. The molecule has 120 valence electrons. The zero-order valence-corrected chi connectivity index (χ0v) is 13.6. The first-order valence-corrected chi connectivity index (χ1v) is 7.57. The Morgan fingerprint density at radius 3 is 2.65 bits per heavy atom. The van der Waals surface area contributed by atoms with E-state index in [-0.39, 0.29) is 0 Å². The highest BCUT2D eigenvalue weighted by atomic mass is 16.5. The van der Waals surface area contributed by atoms with Gasteiger partial charge in [-0.3, -0.25) is 5.43 Å². The average molecular weight is 310 g/mol. The number of ether oxygens (including phenoxy) is 2. The Morgan fingerprint density at radius 1 is 1.22 bits per heavy atom. The molecule has 0 amide bonds. The molecule has 0 aliphatic rings. The number of hydrazone groups is 1. The summed E-state index contributed by atoms with van der Waals surface area (Å²) in [6, 6.07) is 13.7. The van der Waals surface area contributed by atoms with Crippen LogP contribution in [-0.2, 0) is 6.42 Å². The van der Waals surface area contributed by atoms with Crippen molar-refractivity contribution in [2.45, 2.75) is 13.3 Å². The Balaban J connectivity index is 2.24. The third-order valence-electron chi connectivity index (χ3n) is 3.21. The highest BCUT2D eigenvalue weighted by Crippen LogP contribution is 2.33.